The zero-order valence-electron chi connectivity index (χ0n) is 16.0. The molecule has 0 atom stereocenters. The largest absolute Gasteiger partial charge is 0.476 e. The Balaban J connectivity index is 1.35. The van der Waals surface area contributed by atoms with E-state index in [0.29, 0.717) is 30.4 Å². The third kappa shape index (κ3) is 4.06. The van der Waals surface area contributed by atoms with E-state index >= 15 is 0 Å². The van der Waals surface area contributed by atoms with E-state index in [4.69, 9.17) is 4.74 Å². The van der Waals surface area contributed by atoms with E-state index in [0.717, 1.165) is 29.7 Å². The first-order chi connectivity index (χ1) is 13.7. The number of benzene rings is 2. The Labute approximate surface area is 164 Å². The van der Waals surface area contributed by atoms with Gasteiger partial charge in [-0.25, -0.2) is 4.98 Å². The van der Waals surface area contributed by atoms with Crippen LogP contribution in [0.4, 0.5) is 5.82 Å². The quantitative estimate of drug-likeness (QED) is 0.668. The predicted octanol–water partition coefficient (Wildman–Crippen LogP) is 3.35. The number of carbonyl (C=O) groups is 1. The van der Waals surface area contributed by atoms with Gasteiger partial charge in [0.1, 0.15) is 18.2 Å². The Kier molecular flexibility index (Phi) is 5.37. The highest BCUT2D eigenvalue weighted by Gasteiger charge is 2.15. The Hall–Kier alpha value is -3.15. The van der Waals surface area contributed by atoms with Crippen molar-refractivity contribution in [3.63, 3.8) is 0 Å². The number of fused-ring (bicyclic) bond motifs is 1. The van der Waals surface area contributed by atoms with Gasteiger partial charge in [0.15, 0.2) is 0 Å². The molecule has 3 aromatic rings. The number of amides is 1. The topological polar surface area (TPSA) is 67.3 Å². The van der Waals surface area contributed by atoms with Crippen LogP contribution in [0.25, 0.3) is 10.8 Å². The lowest BCUT2D eigenvalue weighted by atomic mass is 10.0. The summed E-state index contributed by atoms with van der Waals surface area (Å²) in [5, 5.41) is 4.93. The Morgan fingerprint density at radius 1 is 1.11 bits per heavy atom. The van der Waals surface area contributed by atoms with Crippen LogP contribution in [0.2, 0.25) is 0 Å². The standard InChI is InChI=1S/C22H24N4O2/c1-16-24-20(26-12-4-5-13-26)15-21(25-16)28-14-11-23-22(27)19-10-6-8-17-7-2-3-9-18(17)19/h2-3,6-10,15H,4-5,11-14H2,1H3,(H,23,27). The molecule has 28 heavy (non-hydrogen) atoms. The van der Waals surface area contributed by atoms with Crippen LogP contribution in [0, 0.1) is 6.92 Å². The van der Waals surface area contributed by atoms with E-state index in [9.17, 15) is 4.79 Å². The third-order valence-corrected chi connectivity index (χ3v) is 4.90. The Morgan fingerprint density at radius 3 is 2.75 bits per heavy atom. The molecule has 0 bridgehead atoms. The fourth-order valence-electron chi connectivity index (χ4n) is 3.55. The highest BCUT2D eigenvalue weighted by molar-refractivity contribution is 6.06. The summed E-state index contributed by atoms with van der Waals surface area (Å²) in [7, 11) is 0. The summed E-state index contributed by atoms with van der Waals surface area (Å²) < 4.78 is 5.77. The third-order valence-electron chi connectivity index (χ3n) is 4.90. The molecule has 6 heteroatoms. The van der Waals surface area contributed by atoms with Crippen LogP contribution in [0.15, 0.2) is 48.5 Å². The van der Waals surface area contributed by atoms with Gasteiger partial charge >= 0.3 is 0 Å². The molecular formula is C22H24N4O2. The fourth-order valence-corrected chi connectivity index (χ4v) is 3.55. The summed E-state index contributed by atoms with van der Waals surface area (Å²) in [6.45, 7) is 4.68. The minimum atomic E-state index is -0.1000. The molecule has 0 spiro atoms. The minimum Gasteiger partial charge on any atom is -0.476 e. The van der Waals surface area contributed by atoms with Crippen molar-refractivity contribution in [3.8, 4) is 5.88 Å². The van der Waals surface area contributed by atoms with Crippen LogP contribution in [-0.4, -0.2) is 42.1 Å². The van der Waals surface area contributed by atoms with E-state index in [-0.39, 0.29) is 5.91 Å². The van der Waals surface area contributed by atoms with Crippen LogP contribution in [-0.2, 0) is 0 Å². The molecule has 0 aliphatic carbocycles. The minimum absolute atomic E-state index is 0.1000. The molecular weight excluding hydrogens is 352 g/mol. The average Bonchev–Trinajstić information content (AvgIpc) is 3.25. The second kappa shape index (κ2) is 8.25. The SMILES string of the molecule is Cc1nc(OCCNC(=O)c2cccc3ccccc23)cc(N2CCCC2)n1. The first-order valence-corrected chi connectivity index (χ1v) is 9.70. The maximum absolute atomic E-state index is 12.6. The van der Waals surface area contributed by atoms with Gasteiger partial charge in [-0.15, -0.1) is 0 Å². The Bertz CT molecular complexity index is 978. The van der Waals surface area contributed by atoms with Crippen LogP contribution in [0.3, 0.4) is 0 Å². The molecule has 1 aliphatic heterocycles. The molecule has 1 fully saturated rings. The zero-order chi connectivity index (χ0) is 19.3. The molecule has 4 rings (SSSR count). The first kappa shape index (κ1) is 18.2. The number of carbonyl (C=O) groups excluding carboxylic acids is 1. The van der Waals surface area contributed by atoms with Crippen LogP contribution >= 0.6 is 0 Å². The van der Waals surface area contributed by atoms with Gasteiger partial charge in [-0.3, -0.25) is 4.79 Å². The molecule has 1 N–H and O–H groups in total. The number of hydrogen-bond acceptors (Lipinski definition) is 5. The predicted molar refractivity (Wildman–Crippen MR) is 110 cm³/mol. The number of rotatable bonds is 6. The van der Waals surface area contributed by atoms with Gasteiger partial charge in [0, 0.05) is 24.7 Å². The van der Waals surface area contributed by atoms with Crippen molar-refractivity contribution in [2.45, 2.75) is 19.8 Å². The second-order valence-corrected chi connectivity index (χ2v) is 6.94. The monoisotopic (exact) mass is 376 g/mol. The number of aryl methyl sites for hydroxylation is 1. The normalized spacial score (nSPS) is 13.7. The number of nitrogens with zero attached hydrogens (tertiary/aromatic N) is 3. The van der Waals surface area contributed by atoms with E-state index in [1.54, 1.807) is 0 Å². The maximum Gasteiger partial charge on any atom is 0.252 e. The van der Waals surface area contributed by atoms with Crippen molar-refractivity contribution in [3.05, 3.63) is 59.9 Å². The number of anilines is 1. The van der Waals surface area contributed by atoms with Gasteiger partial charge < -0.3 is 15.0 Å². The summed E-state index contributed by atoms with van der Waals surface area (Å²) in [4.78, 5) is 23.7. The highest BCUT2D eigenvalue weighted by Crippen LogP contribution is 2.21. The van der Waals surface area contributed by atoms with E-state index < -0.39 is 0 Å². The van der Waals surface area contributed by atoms with E-state index in [2.05, 4.69) is 20.2 Å². The van der Waals surface area contributed by atoms with Crippen molar-refractivity contribution < 1.29 is 9.53 Å². The molecule has 1 amide bonds. The Morgan fingerprint density at radius 2 is 1.89 bits per heavy atom. The van der Waals surface area contributed by atoms with Gasteiger partial charge in [0.05, 0.1) is 6.54 Å². The van der Waals surface area contributed by atoms with Crippen molar-refractivity contribution >= 4 is 22.5 Å². The molecule has 1 aromatic heterocycles. The average molecular weight is 376 g/mol. The van der Waals surface area contributed by atoms with Crippen LogP contribution in [0.1, 0.15) is 29.0 Å². The first-order valence-electron chi connectivity index (χ1n) is 9.70. The lowest BCUT2D eigenvalue weighted by Gasteiger charge is -2.17. The molecule has 0 saturated carbocycles. The summed E-state index contributed by atoms with van der Waals surface area (Å²) in [6.07, 6.45) is 2.39. The lowest BCUT2D eigenvalue weighted by molar-refractivity contribution is 0.0948. The molecule has 2 heterocycles. The maximum atomic E-state index is 12.6. The van der Waals surface area contributed by atoms with Gasteiger partial charge in [-0.2, -0.15) is 4.98 Å². The van der Waals surface area contributed by atoms with Gasteiger partial charge in [-0.05, 0) is 36.6 Å². The van der Waals surface area contributed by atoms with Gasteiger partial charge in [-0.1, -0.05) is 36.4 Å². The van der Waals surface area contributed by atoms with Crippen LogP contribution < -0.4 is 15.0 Å². The molecule has 1 aliphatic rings. The summed E-state index contributed by atoms with van der Waals surface area (Å²) in [5.74, 6) is 2.06. The molecule has 1 saturated heterocycles. The van der Waals surface area contributed by atoms with Gasteiger partial charge in [0.25, 0.3) is 5.91 Å². The number of aromatic nitrogens is 2. The molecule has 2 aromatic carbocycles. The summed E-state index contributed by atoms with van der Waals surface area (Å²) in [6, 6.07) is 15.5. The molecule has 0 radical (unpaired) electrons. The van der Waals surface area contributed by atoms with E-state index in [1.807, 2.05) is 55.5 Å². The molecule has 6 nitrogen and oxygen atoms in total. The van der Waals surface area contributed by atoms with Crippen molar-refractivity contribution in [1.29, 1.82) is 0 Å². The lowest BCUT2D eigenvalue weighted by Crippen LogP contribution is -2.28. The number of ether oxygens (including phenoxy) is 1. The van der Waals surface area contributed by atoms with Crippen molar-refractivity contribution in [2.75, 3.05) is 31.1 Å². The van der Waals surface area contributed by atoms with Gasteiger partial charge in [0.2, 0.25) is 5.88 Å². The van der Waals surface area contributed by atoms with Crippen molar-refractivity contribution in [2.24, 2.45) is 0 Å². The number of nitrogens with one attached hydrogen (secondary N) is 1. The smallest absolute Gasteiger partial charge is 0.252 e. The van der Waals surface area contributed by atoms with E-state index in [1.165, 1.54) is 12.8 Å². The number of hydrogen-bond donors (Lipinski definition) is 1. The second-order valence-electron chi connectivity index (χ2n) is 6.94. The molecule has 0 unspecified atom stereocenters. The zero-order valence-corrected chi connectivity index (χ0v) is 16.0. The molecule has 144 valence electrons. The highest BCUT2D eigenvalue weighted by atomic mass is 16.5. The van der Waals surface area contributed by atoms with Crippen LogP contribution in [0.5, 0.6) is 5.88 Å². The fraction of sp³-hybridized carbons (Fsp3) is 0.318. The summed E-state index contributed by atoms with van der Waals surface area (Å²) in [5.41, 5.74) is 0.673. The summed E-state index contributed by atoms with van der Waals surface area (Å²) >= 11 is 0. The van der Waals surface area contributed by atoms with Crippen molar-refractivity contribution in [1.82, 2.24) is 15.3 Å².